The Morgan fingerprint density at radius 2 is 2.21 bits per heavy atom. The van der Waals surface area contributed by atoms with Crippen LogP contribution >= 0.6 is 0 Å². The number of phenolic OH excluding ortho intramolecular Hbond substituents is 1. The SMILES string of the molecule is COc1cc(/C=C/[13C](=O)O)ccc1O. The standard InChI is InChI=1S/C10H10O4/c1-14-9-6-7(2-4-8(9)11)3-5-10(12)13/h2-6,11H,1H3,(H,12,13)/b5-3+/i10+1. The Bertz CT molecular complexity index is 368. The van der Waals surface area contributed by atoms with Gasteiger partial charge in [-0.1, -0.05) is 6.07 Å². The van der Waals surface area contributed by atoms with Crippen LogP contribution in [0.15, 0.2) is 24.3 Å². The predicted octanol–water partition coefficient (Wildman–Crippen LogP) is 1.50. The lowest BCUT2D eigenvalue weighted by atomic mass is 10.2. The molecule has 0 saturated carbocycles. The van der Waals surface area contributed by atoms with E-state index in [0.717, 1.165) is 6.08 Å². The zero-order valence-electron chi connectivity index (χ0n) is 7.60. The topological polar surface area (TPSA) is 66.8 Å². The van der Waals surface area contributed by atoms with E-state index in [1.165, 1.54) is 19.3 Å². The lowest BCUT2D eigenvalue weighted by molar-refractivity contribution is -0.131. The Morgan fingerprint density at radius 3 is 2.79 bits per heavy atom. The third-order valence-corrected chi connectivity index (χ3v) is 1.62. The smallest absolute Gasteiger partial charge is 0.328 e. The van der Waals surface area contributed by atoms with Crippen LogP contribution in [0, 0.1) is 0 Å². The molecule has 0 fully saturated rings. The Kier molecular flexibility index (Phi) is 3.12. The van der Waals surface area contributed by atoms with Crippen molar-refractivity contribution in [2.45, 2.75) is 0 Å². The van der Waals surface area contributed by atoms with E-state index in [0.29, 0.717) is 11.3 Å². The summed E-state index contributed by atoms with van der Waals surface area (Å²) in [6, 6.07) is 4.59. The lowest BCUT2D eigenvalue weighted by Gasteiger charge is -2.03. The first kappa shape index (κ1) is 10.1. The number of aromatic hydroxyl groups is 1. The molecule has 4 heteroatoms. The van der Waals surface area contributed by atoms with E-state index in [1.54, 1.807) is 12.1 Å². The number of hydrogen-bond donors (Lipinski definition) is 2. The minimum Gasteiger partial charge on any atom is -0.504 e. The molecule has 1 aromatic carbocycles. The van der Waals surface area contributed by atoms with Crippen LogP contribution in [0.5, 0.6) is 11.5 Å². The third-order valence-electron chi connectivity index (χ3n) is 1.62. The van der Waals surface area contributed by atoms with E-state index >= 15 is 0 Å². The fourth-order valence-corrected chi connectivity index (χ4v) is 0.965. The molecule has 0 atom stereocenters. The summed E-state index contributed by atoms with van der Waals surface area (Å²) in [5.41, 5.74) is 0.655. The molecule has 0 spiro atoms. The van der Waals surface area contributed by atoms with Gasteiger partial charge in [0.15, 0.2) is 11.5 Å². The zero-order valence-corrected chi connectivity index (χ0v) is 7.60. The molecule has 1 rings (SSSR count). The molecule has 2 N–H and O–H groups in total. The van der Waals surface area contributed by atoms with Crippen molar-refractivity contribution in [2.24, 2.45) is 0 Å². The van der Waals surface area contributed by atoms with E-state index in [-0.39, 0.29) is 5.75 Å². The highest BCUT2D eigenvalue weighted by Crippen LogP contribution is 2.26. The molecule has 14 heavy (non-hydrogen) atoms. The number of benzene rings is 1. The van der Waals surface area contributed by atoms with Crippen molar-refractivity contribution in [2.75, 3.05) is 7.11 Å². The van der Waals surface area contributed by atoms with E-state index in [1.807, 2.05) is 0 Å². The highest BCUT2D eigenvalue weighted by molar-refractivity contribution is 5.85. The first-order valence-corrected chi connectivity index (χ1v) is 3.91. The molecule has 0 aliphatic rings. The van der Waals surface area contributed by atoms with Gasteiger partial charge < -0.3 is 14.9 Å². The van der Waals surface area contributed by atoms with Crippen LogP contribution in [0.3, 0.4) is 0 Å². The average molecular weight is 195 g/mol. The first-order valence-electron chi connectivity index (χ1n) is 3.91. The van der Waals surface area contributed by atoms with Gasteiger partial charge in [-0.2, -0.15) is 0 Å². The number of ether oxygens (including phenoxy) is 1. The third kappa shape index (κ3) is 2.52. The summed E-state index contributed by atoms with van der Waals surface area (Å²) in [5.74, 6) is -0.672. The summed E-state index contributed by atoms with van der Waals surface area (Å²) in [6.07, 6.45) is 2.44. The second-order valence-electron chi connectivity index (χ2n) is 2.60. The largest absolute Gasteiger partial charge is 0.504 e. The quantitative estimate of drug-likeness (QED) is 0.566. The molecule has 0 unspecified atom stereocenters. The zero-order chi connectivity index (χ0) is 10.6. The minimum absolute atomic E-state index is 0.0278. The fourth-order valence-electron chi connectivity index (χ4n) is 0.965. The number of carbonyl (C=O) groups is 1. The second kappa shape index (κ2) is 4.32. The van der Waals surface area contributed by atoms with Gasteiger partial charge in [-0.05, 0) is 23.8 Å². The molecule has 0 aliphatic carbocycles. The van der Waals surface area contributed by atoms with Gasteiger partial charge in [-0.15, -0.1) is 0 Å². The van der Waals surface area contributed by atoms with Crippen molar-refractivity contribution in [1.29, 1.82) is 0 Å². The van der Waals surface area contributed by atoms with Crippen molar-refractivity contribution < 1.29 is 19.7 Å². The number of aliphatic carboxylic acids is 1. The van der Waals surface area contributed by atoms with E-state index in [9.17, 15) is 9.90 Å². The Labute approximate surface area is 81.1 Å². The van der Waals surface area contributed by atoms with Crippen molar-refractivity contribution in [3.05, 3.63) is 29.8 Å². The minimum atomic E-state index is -1.02. The number of carboxylic acid groups (broad SMARTS) is 1. The maximum atomic E-state index is 10.2. The van der Waals surface area contributed by atoms with Gasteiger partial charge in [0.2, 0.25) is 0 Å². The van der Waals surface area contributed by atoms with E-state index in [2.05, 4.69) is 0 Å². The highest BCUT2D eigenvalue weighted by Gasteiger charge is 2.00. The highest BCUT2D eigenvalue weighted by atomic mass is 16.5. The lowest BCUT2D eigenvalue weighted by Crippen LogP contribution is -1.87. The number of hydrogen-bond acceptors (Lipinski definition) is 3. The van der Waals surface area contributed by atoms with Gasteiger partial charge >= 0.3 is 5.97 Å². The second-order valence-corrected chi connectivity index (χ2v) is 2.60. The summed E-state index contributed by atoms with van der Waals surface area (Å²) in [4.78, 5) is 10.2. The molecule has 0 heterocycles. The molecule has 0 amide bonds. The molecule has 0 aromatic heterocycles. The van der Waals surface area contributed by atoms with Crippen LogP contribution in [-0.2, 0) is 4.79 Å². The number of phenols is 1. The Balaban J connectivity index is 2.95. The Morgan fingerprint density at radius 1 is 1.50 bits per heavy atom. The van der Waals surface area contributed by atoms with Gasteiger partial charge in [-0.3, -0.25) is 0 Å². The fraction of sp³-hybridized carbons (Fsp3) is 0.100. The normalized spacial score (nSPS) is 10.4. The van der Waals surface area contributed by atoms with Crippen molar-refractivity contribution in [1.82, 2.24) is 0 Å². The number of rotatable bonds is 3. The summed E-state index contributed by atoms with van der Waals surface area (Å²) in [6.45, 7) is 0. The van der Waals surface area contributed by atoms with Gasteiger partial charge in [0.25, 0.3) is 0 Å². The van der Waals surface area contributed by atoms with Gasteiger partial charge in [0, 0.05) is 6.08 Å². The van der Waals surface area contributed by atoms with Crippen LogP contribution in [0.1, 0.15) is 5.56 Å². The van der Waals surface area contributed by atoms with E-state index in [4.69, 9.17) is 9.84 Å². The van der Waals surface area contributed by atoms with Crippen LogP contribution in [0.2, 0.25) is 0 Å². The summed E-state index contributed by atoms with van der Waals surface area (Å²) in [5, 5.41) is 17.6. The van der Waals surface area contributed by atoms with Crippen LogP contribution in [0.25, 0.3) is 6.08 Å². The molecule has 0 bridgehead atoms. The first-order chi connectivity index (χ1) is 6.63. The predicted molar refractivity (Wildman–Crippen MR) is 51.3 cm³/mol. The molecule has 1 aromatic rings. The molecular formula is C10H10O4. The maximum Gasteiger partial charge on any atom is 0.328 e. The average Bonchev–Trinajstić information content (AvgIpc) is 2.16. The molecule has 0 aliphatic heterocycles. The number of carboxylic acids is 1. The van der Waals surface area contributed by atoms with Crippen LogP contribution in [-0.4, -0.2) is 23.3 Å². The van der Waals surface area contributed by atoms with Gasteiger partial charge in [-0.25, -0.2) is 4.79 Å². The summed E-state index contributed by atoms with van der Waals surface area (Å²) >= 11 is 0. The van der Waals surface area contributed by atoms with Crippen molar-refractivity contribution >= 4 is 12.0 Å². The van der Waals surface area contributed by atoms with E-state index < -0.39 is 5.97 Å². The molecular weight excluding hydrogens is 185 g/mol. The van der Waals surface area contributed by atoms with Crippen LogP contribution in [0.4, 0.5) is 0 Å². The van der Waals surface area contributed by atoms with Crippen molar-refractivity contribution in [3.8, 4) is 11.5 Å². The van der Waals surface area contributed by atoms with Crippen molar-refractivity contribution in [3.63, 3.8) is 0 Å². The van der Waals surface area contributed by atoms with Gasteiger partial charge in [0.1, 0.15) is 0 Å². The number of methoxy groups -OCH3 is 1. The molecule has 4 nitrogen and oxygen atoms in total. The van der Waals surface area contributed by atoms with Crippen LogP contribution < -0.4 is 4.74 Å². The van der Waals surface area contributed by atoms with Gasteiger partial charge in [0.05, 0.1) is 7.11 Å². The maximum absolute atomic E-state index is 10.2. The molecule has 74 valence electrons. The Hall–Kier alpha value is -1.97. The summed E-state index contributed by atoms with van der Waals surface area (Å²) < 4.78 is 4.86. The molecule has 0 radical (unpaired) electrons. The molecule has 0 saturated heterocycles. The monoisotopic (exact) mass is 195 g/mol. The summed E-state index contributed by atoms with van der Waals surface area (Å²) in [7, 11) is 1.43.